The lowest BCUT2D eigenvalue weighted by Crippen LogP contribution is -2.43. The fourth-order valence-corrected chi connectivity index (χ4v) is 1.43. The van der Waals surface area contributed by atoms with Gasteiger partial charge in [0.05, 0.1) is 18.3 Å². The molecule has 0 radical (unpaired) electrons. The second-order valence-electron chi connectivity index (χ2n) is 3.68. The van der Waals surface area contributed by atoms with Crippen LogP contribution in [0.5, 0.6) is 0 Å². The van der Waals surface area contributed by atoms with Crippen LogP contribution < -0.4 is 5.32 Å². The number of hydrogen-bond donors (Lipinski definition) is 1. The Labute approximate surface area is 96.7 Å². The van der Waals surface area contributed by atoms with Crippen molar-refractivity contribution in [3.05, 3.63) is 30.1 Å². The van der Waals surface area contributed by atoms with Crippen LogP contribution in [0.25, 0.3) is 0 Å². The summed E-state index contributed by atoms with van der Waals surface area (Å²) < 4.78 is 0. The molecule has 0 fully saturated rings. The Hall–Kier alpha value is -1.42. The Balaban J connectivity index is 2.66. The van der Waals surface area contributed by atoms with E-state index < -0.39 is 0 Å². The largest absolute Gasteiger partial charge is 0.336 e. The van der Waals surface area contributed by atoms with Gasteiger partial charge in [0, 0.05) is 12.7 Å². The van der Waals surface area contributed by atoms with E-state index in [9.17, 15) is 4.79 Å². The highest BCUT2D eigenvalue weighted by atomic mass is 16.2. The van der Waals surface area contributed by atoms with E-state index in [1.807, 2.05) is 32.0 Å². The van der Waals surface area contributed by atoms with Crippen molar-refractivity contribution in [2.24, 2.45) is 0 Å². The van der Waals surface area contributed by atoms with E-state index in [1.54, 1.807) is 18.1 Å². The van der Waals surface area contributed by atoms with Gasteiger partial charge >= 0.3 is 0 Å². The molecule has 1 amide bonds. The second kappa shape index (κ2) is 6.23. The van der Waals surface area contributed by atoms with Gasteiger partial charge in [0.15, 0.2) is 0 Å². The van der Waals surface area contributed by atoms with Crippen LogP contribution >= 0.6 is 0 Å². The van der Waals surface area contributed by atoms with Gasteiger partial charge in [-0.2, -0.15) is 0 Å². The number of hydrogen-bond acceptors (Lipinski definition) is 3. The monoisotopic (exact) mass is 221 g/mol. The highest BCUT2D eigenvalue weighted by molar-refractivity contribution is 5.81. The molecule has 1 N–H and O–H groups in total. The van der Waals surface area contributed by atoms with Gasteiger partial charge in [-0.25, -0.2) is 0 Å². The SMILES string of the molecule is CCN(Cc1ccccn1)C(=O)C(C)NC. The minimum absolute atomic E-state index is 0.107. The number of nitrogens with one attached hydrogen (secondary N) is 1. The molecule has 0 saturated carbocycles. The van der Waals surface area contributed by atoms with Crippen LogP contribution in [0.2, 0.25) is 0 Å². The molecule has 0 aliphatic rings. The molecule has 0 saturated heterocycles. The number of nitrogens with zero attached hydrogens (tertiary/aromatic N) is 2. The number of carbonyl (C=O) groups is 1. The van der Waals surface area contributed by atoms with Crippen LogP contribution in [0.4, 0.5) is 0 Å². The molecule has 0 spiro atoms. The van der Waals surface area contributed by atoms with Gasteiger partial charge in [0.25, 0.3) is 0 Å². The van der Waals surface area contributed by atoms with Crippen molar-refractivity contribution < 1.29 is 4.79 Å². The third kappa shape index (κ3) is 3.31. The van der Waals surface area contributed by atoms with Crippen LogP contribution in [-0.2, 0) is 11.3 Å². The zero-order valence-electron chi connectivity index (χ0n) is 10.1. The Kier molecular flexibility index (Phi) is 4.92. The number of carbonyl (C=O) groups excluding carboxylic acids is 1. The Bertz CT molecular complexity index is 326. The van der Waals surface area contributed by atoms with E-state index in [4.69, 9.17) is 0 Å². The number of aromatic nitrogens is 1. The number of pyridine rings is 1. The van der Waals surface area contributed by atoms with Crippen LogP contribution in [0, 0.1) is 0 Å². The first-order valence-electron chi connectivity index (χ1n) is 5.55. The van der Waals surface area contributed by atoms with Crippen molar-refractivity contribution in [2.75, 3.05) is 13.6 Å². The van der Waals surface area contributed by atoms with Crippen molar-refractivity contribution in [2.45, 2.75) is 26.4 Å². The minimum Gasteiger partial charge on any atom is -0.336 e. The van der Waals surface area contributed by atoms with Crippen LogP contribution in [-0.4, -0.2) is 35.4 Å². The van der Waals surface area contributed by atoms with Crippen molar-refractivity contribution in [1.29, 1.82) is 0 Å². The lowest BCUT2D eigenvalue weighted by Gasteiger charge is -2.23. The molecular formula is C12H19N3O. The first kappa shape index (κ1) is 12.6. The zero-order valence-corrected chi connectivity index (χ0v) is 10.1. The van der Waals surface area contributed by atoms with E-state index in [0.717, 1.165) is 5.69 Å². The van der Waals surface area contributed by atoms with E-state index in [0.29, 0.717) is 13.1 Å². The summed E-state index contributed by atoms with van der Waals surface area (Å²) in [5.41, 5.74) is 0.918. The Morgan fingerprint density at radius 3 is 2.81 bits per heavy atom. The molecule has 1 unspecified atom stereocenters. The third-order valence-electron chi connectivity index (χ3n) is 2.58. The fraction of sp³-hybridized carbons (Fsp3) is 0.500. The van der Waals surface area contributed by atoms with Crippen LogP contribution in [0.1, 0.15) is 19.5 Å². The summed E-state index contributed by atoms with van der Waals surface area (Å²) in [5, 5.41) is 2.95. The molecule has 1 heterocycles. The van der Waals surface area contributed by atoms with Crippen molar-refractivity contribution >= 4 is 5.91 Å². The number of rotatable bonds is 5. The standard InChI is InChI=1S/C12H19N3O/c1-4-15(12(16)10(2)13-3)9-11-7-5-6-8-14-11/h5-8,10,13H,4,9H2,1-3H3. The summed E-state index contributed by atoms with van der Waals surface area (Å²) in [6.45, 7) is 5.11. The van der Waals surface area contributed by atoms with E-state index in [2.05, 4.69) is 10.3 Å². The second-order valence-corrected chi connectivity index (χ2v) is 3.68. The van der Waals surface area contributed by atoms with Gasteiger partial charge in [-0.15, -0.1) is 0 Å². The quantitative estimate of drug-likeness (QED) is 0.808. The average Bonchev–Trinajstić information content (AvgIpc) is 2.35. The number of amides is 1. The molecule has 1 aromatic rings. The van der Waals surface area contributed by atoms with Crippen molar-refractivity contribution in [3.63, 3.8) is 0 Å². The van der Waals surface area contributed by atoms with Gasteiger partial charge in [-0.1, -0.05) is 6.07 Å². The Morgan fingerprint density at radius 2 is 2.31 bits per heavy atom. The summed E-state index contributed by atoms with van der Waals surface area (Å²) in [7, 11) is 1.79. The molecule has 4 heteroatoms. The fourth-order valence-electron chi connectivity index (χ4n) is 1.43. The molecule has 16 heavy (non-hydrogen) atoms. The zero-order chi connectivity index (χ0) is 12.0. The first-order valence-corrected chi connectivity index (χ1v) is 5.55. The molecule has 4 nitrogen and oxygen atoms in total. The predicted molar refractivity (Wildman–Crippen MR) is 63.8 cm³/mol. The first-order chi connectivity index (χ1) is 7.69. The summed E-state index contributed by atoms with van der Waals surface area (Å²) in [6, 6.07) is 5.59. The molecule has 1 atom stereocenters. The Morgan fingerprint density at radius 1 is 1.56 bits per heavy atom. The minimum atomic E-state index is -0.149. The van der Waals surface area contributed by atoms with Crippen molar-refractivity contribution in [1.82, 2.24) is 15.2 Å². The smallest absolute Gasteiger partial charge is 0.239 e. The lowest BCUT2D eigenvalue weighted by molar-refractivity contribution is -0.133. The highest BCUT2D eigenvalue weighted by Crippen LogP contribution is 2.03. The lowest BCUT2D eigenvalue weighted by atomic mass is 10.2. The molecule has 0 bridgehead atoms. The topological polar surface area (TPSA) is 45.2 Å². The van der Waals surface area contributed by atoms with Crippen LogP contribution in [0.3, 0.4) is 0 Å². The summed E-state index contributed by atoms with van der Waals surface area (Å²) in [6.07, 6.45) is 1.75. The maximum atomic E-state index is 11.9. The number of likely N-dealkylation sites (N-methyl/N-ethyl adjacent to an activating group) is 2. The molecule has 88 valence electrons. The van der Waals surface area contributed by atoms with E-state index in [1.165, 1.54) is 0 Å². The molecular weight excluding hydrogens is 202 g/mol. The van der Waals surface area contributed by atoms with Crippen LogP contribution in [0.15, 0.2) is 24.4 Å². The predicted octanol–water partition coefficient (Wildman–Crippen LogP) is 1.04. The molecule has 1 rings (SSSR count). The molecule has 1 aromatic heterocycles. The molecule has 0 aliphatic heterocycles. The summed E-state index contributed by atoms with van der Waals surface area (Å²) >= 11 is 0. The van der Waals surface area contributed by atoms with E-state index >= 15 is 0 Å². The van der Waals surface area contributed by atoms with Gasteiger partial charge in [-0.3, -0.25) is 9.78 Å². The van der Waals surface area contributed by atoms with Gasteiger partial charge < -0.3 is 10.2 Å². The average molecular weight is 221 g/mol. The van der Waals surface area contributed by atoms with Gasteiger partial charge in [0.1, 0.15) is 0 Å². The molecule has 0 aliphatic carbocycles. The van der Waals surface area contributed by atoms with Crippen molar-refractivity contribution in [3.8, 4) is 0 Å². The summed E-state index contributed by atoms with van der Waals surface area (Å²) in [5.74, 6) is 0.107. The normalized spacial score (nSPS) is 12.2. The highest BCUT2D eigenvalue weighted by Gasteiger charge is 2.17. The molecule has 0 aromatic carbocycles. The van der Waals surface area contributed by atoms with E-state index in [-0.39, 0.29) is 11.9 Å². The summed E-state index contributed by atoms with van der Waals surface area (Å²) in [4.78, 5) is 18.0. The maximum absolute atomic E-state index is 11.9. The maximum Gasteiger partial charge on any atom is 0.239 e. The van der Waals surface area contributed by atoms with Gasteiger partial charge in [-0.05, 0) is 33.0 Å². The van der Waals surface area contributed by atoms with Gasteiger partial charge in [0.2, 0.25) is 5.91 Å². The third-order valence-corrected chi connectivity index (χ3v) is 2.58.